The number of nitrogens with zero attached hydrogens (tertiary/aromatic N) is 3. The van der Waals surface area contributed by atoms with Crippen LogP contribution in [0.3, 0.4) is 0 Å². The Morgan fingerprint density at radius 2 is 1.80 bits per heavy atom. The highest BCUT2D eigenvalue weighted by Crippen LogP contribution is 2.17. The van der Waals surface area contributed by atoms with Crippen molar-refractivity contribution in [3.63, 3.8) is 0 Å². The summed E-state index contributed by atoms with van der Waals surface area (Å²) in [5.41, 5.74) is 2.81. The fourth-order valence-electron chi connectivity index (χ4n) is 2.38. The summed E-state index contributed by atoms with van der Waals surface area (Å²) in [5, 5.41) is 11.0. The van der Waals surface area contributed by atoms with Crippen LogP contribution in [0.25, 0.3) is 11.5 Å². The Morgan fingerprint density at radius 1 is 1.08 bits per heavy atom. The monoisotopic (exact) mass is 336 g/mol. The predicted molar refractivity (Wildman–Crippen MR) is 95.9 cm³/mol. The van der Waals surface area contributed by atoms with E-state index >= 15 is 0 Å². The van der Waals surface area contributed by atoms with E-state index in [-0.39, 0.29) is 12.5 Å². The Balaban J connectivity index is 1.54. The number of benzene rings is 2. The minimum Gasteiger partial charge on any atom is -0.419 e. The first-order valence-electron chi connectivity index (χ1n) is 8.03. The third-order valence-corrected chi connectivity index (χ3v) is 3.64. The van der Waals surface area contributed by atoms with E-state index in [1.807, 2.05) is 73.5 Å². The van der Waals surface area contributed by atoms with Crippen LogP contribution in [0.5, 0.6) is 0 Å². The van der Waals surface area contributed by atoms with Crippen molar-refractivity contribution >= 4 is 11.6 Å². The van der Waals surface area contributed by atoms with E-state index in [1.54, 1.807) is 0 Å². The van der Waals surface area contributed by atoms with Gasteiger partial charge in [0.1, 0.15) is 0 Å². The van der Waals surface area contributed by atoms with E-state index in [4.69, 9.17) is 4.42 Å². The molecule has 0 saturated carbocycles. The maximum absolute atomic E-state index is 12.1. The number of aromatic nitrogens is 2. The Morgan fingerprint density at radius 3 is 2.52 bits per heavy atom. The summed E-state index contributed by atoms with van der Waals surface area (Å²) < 4.78 is 5.66. The summed E-state index contributed by atoms with van der Waals surface area (Å²) in [5.74, 6) is 0.867. The molecule has 2 aromatic carbocycles. The van der Waals surface area contributed by atoms with Gasteiger partial charge in [-0.15, -0.1) is 10.2 Å². The second-order valence-electron chi connectivity index (χ2n) is 5.95. The van der Waals surface area contributed by atoms with Gasteiger partial charge in [-0.25, -0.2) is 0 Å². The summed E-state index contributed by atoms with van der Waals surface area (Å²) in [6.07, 6.45) is 0. The molecule has 0 aliphatic heterocycles. The molecule has 6 nitrogen and oxygen atoms in total. The topological polar surface area (TPSA) is 71.3 Å². The number of aryl methyl sites for hydroxylation is 1. The number of nitrogens with one attached hydrogen (secondary N) is 1. The molecule has 3 aromatic rings. The maximum Gasteiger partial charge on any atom is 0.247 e. The number of hydrogen-bond donors (Lipinski definition) is 1. The molecule has 3 rings (SSSR count). The SMILES string of the molecule is Cc1ccc(NC(=O)CN(C)Cc2nnc(-c3ccccc3)o2)cc1. The highest BCUT2D eigenvalue weighted by Gasteiger charge is 2.13. The lowest BCUT2D eigenvalue weighted by atomic mass is 10.2. The number of anilines is 1. The molecule has 6 heteroatoms. The van der Waals surface area contributed by atoms with E-state index in [0.29, 0.717) is 18.3 Å². The molecule has 0 bridgehead atoms. The van der Waals surface area contributed by atoms with Gasteiger partial charge < -0.3 is 9.73 Å². The van der Waals surface area contributed by atoms with Gasteiger partial charge in [0.25, 0.3) is 0 Å². The highest BCUT2D eigenvalue weighted by molar-refractivity contribution is 5.92. The second-order valence-corrected chi connectivity index (χ2v) is 5.95. The first-order valence-corrected chi connectivity index (χ1v) is 8.03. The molecule has 0 unspecified atom stereocenters. The highest BCUT2D eigenvalue weighted by atomic mass is 16.4. The second kappa shape index (κ2) is 7.72. The standard InChI is InChI=1S/C19H20N4O2/c1-14-8-10-16(11-9-14)20-17(24)12-23(2)13-18-21-22-19(25-18)15-6-4-3-5-7-15/h3-11H,12-13H2,1-2H3,(H,20,24). The maximum atomic E-state index is 12.1. The van der Waals surface area contributed by atoms with Gasteiger partial charge in [-0.05, 0) is 38.2 Å². The van der Waals surface area contributed by atoms with E-state index in [9.17, 15) is 4.79 Å². The smallest absolute Gasteiger partial charge is 0.247 e. The summed E-state index contributed by atoms with van der Waals surface area (Å²) in [6.45, 7) is 2.64. The van der Waals surface area contributed by atoms with Gasteiger partial charge in [-0.3, -0.25) is 9.69 Å². The van der Waals surface area contributed by atoms with Crippen LogP contribution in [0.1, 0.15) is 11.5 Å². The van der Waals surface area contributed by atoms with Crippen LogP contribution in [-0.4, -0.2) is 34.6 Å². The fourth-order valence-corrected chi connectivity index (χ4v) is 2.38. The molecule has 0 spiro atoms. The van der Waals surface area contributed by atoms with Crippen molar-refractivity contribution in [3.05, 3.63) is 66.1 Å². The van der Waals surface area contributed by atoms with Gasteiger partial charge >= 0.3 is 0 Å². The van der Waals surface area contributed by atoms with Crippen molar-refractivity contribution in [2.45, 2.75) is 13.5 Å². The van der Waals surface area contributed by atoms with Crippen LogP contribution in [0.4, 0.5) is 5.69 Å². The Labute approximate surface area is 146 Å². The van der Waals surface area contributed by atoms with Crippen molar-refractivity contribution in [1.82, 2.24) is 15.1 Å². The lowest BCUT2D eigenvalue weighted by Crippen LogP contribution is -2.29. The summed E-state index contributed by atoms with van der Waals surface area (Å²) in [6, 6.07) is 17.3. The van der Waals surface area contributed by atoms with Crippen LogP contribution in [0.15, 0.2) is 59.0 Å². The Kier molecular flexibility index (Phi) is 5.20. The van der Waals surface area contributed by atoms with Crippen LogP contribution >= 0.6 is 0 Å². The van der Waals surface area contributed by atoms with E-state index < -0.39 is 0 Å². The van der Waals surface area contributed by atoms with Crippen molar-refractivity contribution in [2.75, 3.05) is 18.9 Å². The first kappa shape index (κ1) is 16.9. The summed E-state index contributed by atoms with van der Waals surface area (Å²) >= 11 is 0. The lowest BCUT2D eigenvalue weighted by Gasteiger charge is -2.14. The summed E-state index contributed by atoms with van der Waals surface area (Å²) in [7, 11) is 1.83. The quantitative estimate of drug-likeness (QED) is 0.749. The van der Waals surface area contributed by atoms with Gasteiger partial charge in [-0.1, -0.05) is 35.9 Å². The molecule has 0 saturated heterocycles. The molecule has 1 N–H and O–H groups in total. The lowest BCUT2D eigenvalue weighted by molar-refractivity contribution is -0.117. The molecule has 0 radical (unpaired) electrons. The minimum atomic E-state index is -0.0887. The molecular weight excluding hydrogens is 316 g/mol. The van der Waals surface area contributed by atoms with Crippen LogP contribution in [0, 0.1) is 6.92 Å². The van der Waals surface area contributed by atoms with Crippen molar-refractivity contribution in [1.29, 1.82) is 0 Å². The van der Waals surface area contributed by atoms with Crippen molar-refractivity contribution in [2.24, 2.45) is 0 Å². The number of carbonyl (C=O) groups is 1. The normalized spacial score (nSPS) is 10.8. The number of amides is 1. The van der Waals surface area contributed by atoms with E-state index in [2.05, 4.69) is 15.5 Å². The molecule has 0 fully saturated rings. The summed E-state index contributed by atoms with van der Waals surface area (Å²) in [4.78, 5) is 13.9. The number of likely N-dealkylation sites (N-methyl/N-ethyl adjacent to an activating group) is 1. The Hall–Kier alpha value is -2.99. The van der Waals surface area contributed by atoms with Crippen LogP contribution < -0.4 is 5.32 Å². The number of hydrogen-bond acceptors (Lipinski definition) is 5. The zero-order valence-electron chi connectivity index (χ0n) is 14.3. The average Bonchev–Trinajstić information content (AvgIpc) is 3.06. The molecule has 0 atom stereocenters. The number of rotatable bonds is 6. The van der Waals surface area contributed by atoms with Gasteiger partial charge in [0.2, 0.25) is 17.7 Å². The third kappa shape index (κ3) is 4.74. The zero-order valence-corrected chi connectivity index (χ0v) is 14.3. The van der Waals surface area contributed by atoms with Gasteiger partial charge in [-0.2, -0.15) is 0 Å². The van der Waals surface area contributed by atoms with Crippen molar-refractivity contribution in [3.8, 4) is 11.5 Å². The van der Waals surface area contributed by atoms with Gasteiger partial charge in [0.05, 0.1) is 13.1 Å². The molecule has 1 aromatic heterocycles. The molecule has 1 amide bonds. The minimum absolute atomic E-state index is 0.0887. The number of carbonyl (C=O) groups excluding carboxylic acids is 1. The average molecular weight is 336 g/mol. The van der Waals surface area contributed by atoms with Gasteiger partial charge in [0.15, 0.2) is 0 Å². The molecular formula is C19H20N4O2. The zero-order chi connectivity index (χ0) is 17.6. The molecule has 128 valence electrons. The Bertz CT molecular complexity index is 828. The third-order valence-electron chi connectivity index (χ3n) is 3.64. The molecule has 0 aliphatic carbocycles. The first-order chi connectivity index (χ1) is 12.1. The van der Waals surface area contributed by atoms with Crippen molar-refractivity contribution < 1.29 is 9.21 Å². The van der Waals surface area contributed by atoms with Crippen LogP contribution in [0.2, 0.25) is 0 Å². The molecule has 25 heavy (non-hydrogen) atoms. The largest absolute Gasteiger partial charge is 0.419 e. The molecule has 1 heterocycles. The molecule has 0 aliphatic rings. The van der Waals surface area contributed by atoms with Crippen LogP contribution in [-0.2, 0) is 11.3 Å². The predicted octanol–water partition coefficient (Wildman–Crippen LogP) is 3.12. The van der Waals surface area contributed by atoms with E-state index in [0.717, 1.165) is 16.8 Å². The van der Waals surface area contributed by atoms with E-state index in [1.165, 1.54) is 0 Å². The van der Waals surface area contributed by atoms with Gasteiger partial charge in [0, 0.05) is 11.3 Å². The fraction of sp³-hybridized carbons (Fsp3) is 0.211.